The normalized spacial score (nSPS) is 10.9. The van der Waals surface area contributed by atoms with Gasteiger partial charge in [-0.15, -0.1) is 0 Å². The summed E-state index contributed by atoms with van der Waals surface area (Å²) in [5, 5.41) is 12.2. The minimum atomic E-state index is -0.433. The average Bonchev–Trinajstić information content (AvgIpc) is 2.83. The summed E-state index contributed by atoms with van der Waals surface area (Å²) in [6.07, 6.45) is 2.19. The molecule has 5 nitrogen and oxygen atoms in total. The van der Waals surface area contributed by atoms with Crippen molar-refractivity contribution in [1.29, 1.82) is 5.26 Å². The van der Waals surface area contributed by atoms with Gasteiger partial charge in [0.15, 0.2) is 11.5 Å². The molecule has 0 unspecified atom stereocenters. The van der Waals surface area contributed by atoms with Gasteiger partial charge in [-0.2, -0.15) is 5.26 Å². The van der Waals surface area contributed by atoms with Crippen molar-refractivity contribution in [3.8, 4) is 17.6 Å². The van der Waals surface area contributed by atoms with Gasteiger partial charge in [-0.3, -0.25) is 4.79 Å². The molecule has 0 radical (unpaired) electrons. The van der Waals surface area contributed by atoms with E-state index in [-0.39, 0.29) is 18.0 Å². The fourth-order valence-electron chi connectivity index (χ4n) is 3.17. The Balaban J connectivity index is 1.67. The zero-order chi connectivity index (χ0) is 23.5. The summed E-state index contributed by atoms with van der Waals surface area (Å²) in [6.45, 7) is 2.87. The first-order valence-corrected chi connectivity index (χ1v) is 10.7. The van der Waals surface area contributed by atoms with Crippen LogP contribution in [0.5, 0.6) is 11.5 Å². The maximum absolute atomic E-state index is 13.4. The molecule has 0 spiro atoms. The first-order valence-electron chi connectivity index (χ1n) is 10.7. The second-order valence-corrected chi connectivity index (χ2v) is 7.22. The van der Waals surface area contributed by atoms with Crippen LogP contribution in [0.15, 0.2) is 78.4 Å². The van der Waals surface area contributed by atoms with Crippen molar-refractivity contribution in [2.24, 2.45) is 0 Å². The first kappa shape index (κ1) is 23.6. The average molecular weight is 445 g/mol. The highest BCUT2D eigenvalue weighted by Gasteiger charge is 2.11. The van der Waals surface area contributed by atoms with Gasteiger partial charge in [0, 0.05) is 6.54 Å². The zero-order valence-corrected chi connectivity index (χ0v) is 18.4. The van der Waals surface area contributed by atoms with Gasteiger partial charge in [0.25, 0.3) is 5.91 Å². The van der Waals surface area contributed by atoms with Crippen molar-refractivity contribution in [2.75, 3.05) is 13.2 Å². The van der Waals surface area contributed by atoms with E-state index in [0.717, 1.165) is 5.56 Å². The van der Waals surface area contributed by atoms with E-state index < -0.39 is 5.91 Å². The molecule has 0 aliphatic heterocycles. The topological polar surface area (TPSA) is 71.3 Å². The molecule has 0 saturated carbocycles. The molecule has 0 aromatic heterocycles. The predicted molar refractivity (Wildman–Crippen MR) is 125 cm³/mol. The summed E-state index contributed by atoms with van der Waals surface area (Å²) in [5.74, 6) is 0.207. The van der Waals surface area contributed by atoms with E-state index in [1.807, 2.05) is 43.3 Å². The number of nitrogens with one attached hydrogen (secondary N) is 1. The lowest BCUT2D eigenvalue weighted by Crippen LogP contribution is -2.26. The van der Waals surface area contributed by atoms with Crippen LogP contribution in [0.2, 0.25) is 0 Å². The van der Waals surface area contributed by atoms with Crippen LogP contribution in [-0.4, -0.2) is 19.1 Å². The number of nitrogens with zero attached hydrogens (tertiary/aromatic N) is 1. The lowest BCUT2D eigenvalue weighted by molar-refractivity contribution is -0.117. The highest BCUT2D eigenvalue weighted by Crippen LogP contribution is 2.30. The number of benzene rings is 3. The Kier molecular flexibility index (Phi) is 8.61. The van der Waals surface area contributed by atoms with Crippen LogP contribution in [0.1, 0.15) is 23.6 Å². The number of hydrogen-bond donors (Lipinski definition) is 1. The Labute approximate surface area is 193 Å². The number of rotatable bonds is 10. The van der Waals surface area contributed by atoms with Crippen LogP contribution < -0.4 is 14.8 Å². The van der Waals surface area contributed by atoms with E-state index in [4.69, 9.17) is 9.47 Å². The van der Waals surface area contributed by atoms with Gasteiger partial charge < -0.3 is 14.8 Å². The van der Waals surface area contributed by atoms with Crippen LogP contribution in [0.3, 0.4) is 0 Å². The molecule has 0 aliphatic rings. The van der Waals surface area contributed by atoms with Crippen LogP contribution >= 0.6 is 0 Å². The number of carbonyl (C=O) groups is 1. The largest absolute Gasteiger partial charge is 0.490 e. The third-order valence-electron chi connectivity index (χ3n) is 4.77. The Hall–Kier alpha value is -4.11. The molecule has 3 rings (SSSR count). The molecular weight excluding hydrogens is 419 g/mol. The van der Waals surface area contributed by atoms with Gasteiger partial charge in [0.05, 0.1) is 6.61 Å². The van der Waals surface area contributed by atoms with Gasteiger partial charge >= 0.3 is 0 Å². The first-order chi connectivity index (χ1) is 16.1. The minimum absolute atomic E-state index is 0.000982. The quantitative estimate of drug-likeness (QED) is 0.350. The molecule has 6 heteroatoms. The molecule has 0 atom stereocenters. The Morgan fingerprint density at radius 2 is 1.79 bits per heavy atom. The molecule has 0 saturated heterocycles. The summed E-state index contributed by atoms with van der Waals surface area (Å²) in [7, 11) is 0. The van der Waals surface area contributed by atoms with Crippen molar-refractivity contribution in [3.05, 3.63) is 101 Å². The van der Waals surface area contributed by atoms with Crippen molar-refractivity contribution in [3.63, 3.8) is 0 Å². The number of halogens is 1. The molecule has 0 heterocycles. The third kappa shape index (κ3) is 7.22. The van der Waals surface area contributed by atoms with E-state index >= 15 is 0 Å². The molecule has 1 N–H and O–H groups in total. The summed E-state index contributed by atoms with van der Waals surface area (Å²) in [4.78, 5) is 12.4. The third-order valence-corrected chi connectivity index (χ3v) is 4.77. The van der Waals surface area contributed by atoms with Crippen molar-refractivity contribution in [1.82, 2.24) is 5.32 Å². The molecule has 1 amide bonds. The van der Waals surface area contributed by atoms with Crippen molar-refractivity contribution in [2.45, 2.75) is 20.0 Å². The molecule has 0 fully saturated rings. The number of nitriles is 1. The summed E-state index contributed by atoms with van der Waals surface area (Å²) >= 11 is 0. The second-order valence-electron chi connectivity index (χ2n) is 7.22. The lowest BCUT2D eigenvalue weighted by atomic mass is 10.1. The predicted octanol–water partition coefficient (Wildman–Crippen LogP) is 5.07. The van der Waals surface area contributed by atoms with E-state index in [9.17, 15) is 14.4 Å². The van der Waals surface area contributed by atoms with E-state index in [1.165, 1.54) is 18.2 Å². The Bertz CT molecular complexity index is 1150. The van der Waals surface area contributed by atoms with Crippen molar-refractivity contribution >= 4 is 12.0 Å². The minimum Gasteiger partial charge on any atom is -0.490 e. The molecular formula is C27H25FN2O3. The number of hydrogen-bond acceptors (Lipinski definition) is 4. The molecule has 3 aromatic rings. The molecule has 168 valence electrons. The van der Waals surface area contributed by atoms with Gasteiger partial charge in [-0.05, 0) is 60.4 Å². The standard InChI is InChI=1S/C27H25FN2O3/c1-2-32-26-17-21(11-12-25(26)33-19-22-9-6-10-24(28)16-22)15-23(18-29)27(31)30-14-13-20-7-4-3-5-8-20/h3-12,15-17H,2,13-14,19H2,1H3,(H,30,31)/b23-15+. The van der Waals surface area contributed by atoms with E-state index in [1.54, 1.807) is 30.3 Å². The van der Waals surface area contributed by atoms with E-state index in [2.05, 4.69) is 5.32 Å². The fourth-order valence-corrected chi connectivity index (χ4v) is 3.17. The van der Waals surface area contributed by atoms with Crippen molar-refractivity contribution < 1.29 is 18.7 Å². The van der Waals surface area contributed by atoms with Gasteiger partial charge in [0.2, 0.25) is 0 Å². The second kappa shape index (κ2) is 12.1. The fraction of sp³-hybridized carbons (Fsp3) is 0.185. The summed E-state index contributed by atoms with van der Waals surface area (Å²) in [6, 6.07) is 23.1. The summed E-state index contributed by atoms with van der Waals surface area (Å²) in [5.41, 5.74) is 2.43. The number of amides is 1. The molecule has 0 aliphatic carbocycles. The number of carbonyl (C=O) groups excluding carboxylic acids is 1. The molecule has 3 aromatic carbocycles. The highest BCUT2D eigenvalue weighted by atomic mass is 19.1. The Morgan fingerprint density at radius 3 is 2.52 bits per heavy atom. The Morgan fingerprint density at radius 1 is 1.00 bits per heavy atom. The smallest absolute Gasteiger partial charge is 0.261 e. The monoisotopic (exact) mass is 444 g/mol. The summed E-state index contributed by atoms with van der Waals surface area (Å²) < 4.78 is 24.9. The van der Waals surface area contributed by atoms with E-state index in [0.29, 0.717) is 42.2 Å². The lowest BCUT2D eigenvalue weighted by Gasteiger charge is -2.13. The maximum Gasteiger partial charge on any atom is 0.261 e. The number of ether oxygens (including phenoxy) is 2. The molecule has 33 heavy (non-hydrogen) atoms. The maximum atomic E-state index is 13.4. The van der Waals surface area contributed by atoms with Crippen LogP contribution in [-0.2, 0) is 17.8 Å². The van der Waals surface area contributed by atoms with Gasteiger partial charge in [0.1, 0.15) is 24.1 Å². The highest BCUT2D eigenvalue weighted by molar-refractivity contribution is 6.01. The SMILES string of the molecule is CCOc1cc(/C=C(\C#N)C(=O)NCCc2ccccc2)ccc1OCc1cccc(F)c1. The van der Waals surface area contributed by atoms with Gasteiger partial charge in [-0.25, -0.2) is 4.39 Å². The zero-order valence-electron chi connectivity index (χ0n) is 18.4. The van der Waals surface area contributed by atoms with Crippen LogP contribution in [0.25, 0.3) is 6.08 Å². The molecule has 0 bridgehead atoms. The van der Waals surface area contributed by atoms with Gasteiger partial charge in [-0.1, -0.05) is 48.5 Å². The van der Waals surface area contributed by atoms with Crippen LogP contribution in [0.4, 0.5) is 4.39 Å². The van der Waals surface area contributed by atoms with Crippen LogP contribution in [0, 0.1) is 17.1 Å².